The summed E-state index contributed by atoms with van der Waals surface area (Å²) in [6.45, 7) is 2.75. The van der Waals surface area contributed by atoms with Gasteiger partial charge in [-0.25, -0.2) is 16.8 Å². The molecule has 0 aromatic heterocycles. The third kappa shape index (κ3) is 6.77. The molecule has 6 aromatic rings. The summed E-state index contributed by atoms with van der Waals surface area (Å²) in [5.41, 5.74) is 6.82. The Labute approximate surface area is 308 Å². The second kappa shape index (κ2) is 13.7. The largest absolute Gasteiger partial charge is 0.326 e. The maximum Gasteiger partial charge on any atom is 0.261 e. The van der Waals surface area contributed by atoms with Gasteiger partial charge in [-0.2, -0.15) is 0 Å². The SMILES string of the molecule is CC(=O)Nc1ccc(S(=O)(=O)Nc2ccc(C3(c4ccc(NS(=O)(=O)c5ccc(NC(C)=O)cc5)cc4)c4ccccc4-c4ccccc43)cc2)cc1. The average Bonchev–Trinajstić information content (AvgIpc) is 3.43. The van der Waals surface area contributed by atoms with Crippen LogP contribution in [0.4, 0.5) is 22.7 Å². The fourth-order valence-electron chi connectivity index (χ4n) is 6.87. The van der Waals surface area contributed by atoms with Gasteiger partial charge >= 0.3 is 0 Å². The summed E-state index contributed by atoms with van der Waals surface area (Å²) >= 11 is 0. The molecule has 0 bridgehead atoms. The Balaban J connectivity index is 1.24. The lowest BCUT2D eigenvalue weighted by Gasteiger charge is -2.34. The summed E-state index contributed by atoms with van der Waals surface area (Å²) in [6.07, 6.45) is 0. The number of hydrogen-bond acceptors (Lipinski definition) is 6. The van der Waals surface area contributed by atoms with Crippen LogP contribution in [0.15, 0.2) is 155 Å². The van der Waals surface area contributed by atoms with Crippen molar-refractivity contribution >= 4 is 54.6 Å². The van der Waals surface area contributed by atoms with Gasteiger partial charge in [-0.3, -0.25) is 19.0 Å². The average molecular weight is 743 g/mol. The van der Waals surface area contributed by atoms with E-state index in [9.17, 15) is 26.4 Å². The third-order valence-electron chi connectivity index (χ3n) is 9.06. The molecule has 0 spiro atoms. The van der Waals surface area contributed by atoms with Crippen LogP contribution in [0.1, 0.15) is 36.1 Å². The van der Waals surface area contributed by atoms with E-state index < -0.39 is 25.5 Å². The van der Waals surface area contributed by atoms with E-state index in [1.807, 2.05) is 48.5 Å². The second-order valence-electron chi connectivity index (χ2n) is 12.6. The summed E-state index contributed by atoms with van der Waals surface area (Å²) in [5, 5.41) is 5.26. The van der Waals surface area contributed by atoms with Crippen LogP contribution < -0.4 is 20.1 Å². The van der Waals surface area contributed by atoms with Gasteiger partial charge in [-0.1, -0.05) is 72.8 Å². The van der Waals surface area contributed by atoms with Crippen LogP contribution >= 0.6 is 0 Å². The maximum atomic E-state index is 13.3. The zero-order valence-corrected chi connectivity index (χ0v) is 30.3. The zero-order chi connectivity index (χ0) is 37.4. The number of nitrogens with one attached hydrogen (secondary N) is 4. The Morgan fingerprint density at radius 2 is 0.755 bits per heavy atom. The highest BCUT2D eigenvalue weighted by Crippen LogP contribution is 2.56. The van der Waals surface area contributed by atoms with Crippen molar-refractivity contribution in [2.24, 2.45) is 0 Å². The van der Waals surface area contributed by atoms with Gasteiger partial charge < -0.3 is 10.6 Å². The maximum absolute atomic E-state index is 13.3. The Morgan fingerprint density at radius 1 is 0.434 bits per heavy atom. The van der Waals surface area contributed by atoms with Crippen molar-refractivity contribution < 1.29 is 26.4 Å². The zero-order valence-electron chi connectivity index (χ0n) is 28.6. The Kier molecular flexibility index (Phi) is 9.10. The van der Waals surface area contributed by atoms with E-state index in [4.69, 9.17) is 0 Å². The first-order valence-electron chi connectivity index (χ1n) is 16.6. The summed E-state index contributed by atoms with van der Waals surface area (Å²) in [4.78, 5) is 22.8. The molecule has 0 radical (unpaired) electrons. The molecule has 0 aliphatic heterocycles. The molecule has 0 atom stereocenters. The van der Waals surface area contributed by atoms with Gasteiger partial charge in [-0.15, -0.1) is 0 Å². The van der Waals surface area contributed by atoms with Crippen LogP contribution in [0.3, 0.4) is 0 Å². The number of anilines is 4. The van der Waals surface area contributed by atoms with Crippen molar-refractivity contribution in [3.05, 3.63) is 168 Å². The van der Waals surface area contributed by atoms with Gasteiger partial charge in [0, 0.05) is 36.6 Å². The molecule has 0 saturated heterocycles. The van der Waals surface area contributed by atoms with Crippen LogP contribution in [-0.2, 0) is 35.1 Å². The van der Waals surface area contributed by atoms with E-state index >= 15 is 0 Å². The monoisotopic (exact) mass is 742 g/mol. The number of carbonyl (C=O) groups excluding carboxylic acids is 2. The predicted molar refractivity (Wildman–Crippen MR) is 207 cm³/mol. The first-order valence-corrected chi connectivity index (χ1v) is 19.5. The number of amides is 2. The number of carbonyl (C=O) groups is 2. The van der Waals surface area contributed by atoms with Gasteiger partial charge in [0.25, 0.3) is 20.0 Å². The summed E-state index contributed by atoms with van der Waals surface area (Å²) in [5.74, 6) is -0.513. The summed E-state index contributed by atoms with van der Waals surface area (Å²) < 4.78 is 58.5. The van der Waals surface area contributed by atoms with Crippen molar-refractivity contribution in [3.63, 3.8) is 0 Å². The van der Waals surface area contributed by atoms with Crippen molar-refractivity contribution in [2.45, 2.75) is 29.1 Å². The summed E-state index contributed by atoms with van der Waals surface area (Å²) in [6, 6.07) is 42.6. The predicted octanol–water partition coefficient (Wildman–Crippen LogP) is 7.57. The first-order chi connectivity index (χ1) is 25.4. The molecule has 1 aliphatic rings. The lowest BCUT2D eigenvalue weighted by atomic mass is 9.67. The molecule has 0 saturated carbocycles. The molecule has 10 nitrogen and oxygen atoms in total. The molecule has 4 N–H and O–H groups in total. The molecule has 1 aliphatic carbocycles. The fraction of sp³-hybridized carbons (Fsp3) is 0.0732. The molecule has 2 amide bonds. The molecule has 53 heavy (non-hydrogen) atoms. The quantitative estimate of drug-likeness (QED) is 0.114. The van der Waals surface area contributed by atoms with Crippen LogP contribution in [0, 0.1) is 0 Å². The van der Waals surface area contributed by atoms with Crippen LogP contribution in [0.5, 0.6) is 0 Å². The third-order valence-corrected chi connectivity index (χ3v) is 11.9. The Bertz CT molecular complexity index is 2390. The minimum absolute atomic E-state index is 0.0449. The highest BCUT2D eigenvalue weighted by Gasteiger charge is 2.45. The number of benzene rings is 6. The number of hydrogen-bond donors (Lipinski definition) is 4. The van der Waals surface area contributed by atoms with Crippen LogP contribution in [0.25, 0.3) is 11.1 Å². The lowest BCUT2D eigenvalue weighted by molar-refractivity contribution is -0.115. The second-order valence-corrected chi connectivity index (χ2v) is 16.0. The van der Waals surface area contributed by atoms with Gasteiger partial charge in [-0.05, 0) is 106 Å². The van der Waals surface area contributed by atoms with Crippen molar-refractivity contribution in [3.8, 4) is 11.1 Å². The van der Waals surface area contributed by atoms with Crippen molar-refractivity contribution in [1.29, 1.82) is 0 Å². The van der Waals surface area contributed by atoms with Gasteiger partial charge in [0.2, 0.25) is 11.8 Å². The number of fused-ring (bicyclic) bond motifs is 3. The number of sulfonamides is 2. The van der Waals surface area contributed by atoms with Crippen molar-refractivity contribution in [1.82, 2.24) is 0 Å². The van der Waals surface area contributed by atoms with E-state index in [1.165, 1.54) is 62.4 Å². The van der Waals surface area contributed by atoms with Gasteiger partial charge in [0.05, 0.1) is 15.2 Å². The van der Waals surface area contributed by atoms with Gasteiger partial charge in [0.1, 0.15) is 0 Å². The Hall–Kier alpha value is -6.24. The minimum atomic E-state index is -3.94. The topological polar surface area (TPSA) is 151 Å². The molecule has 266 valence electrons. The van der Waals surface area contributed by atoms with E-state index in [2.05, 4.69) is 44.3 Å². The highest BCUT2D eigenvalue weighted by molar-refractivity contribution is 7.93. The van der Waals surface area contributed by atoms with E-state index in [-0.39, 0.29) is 21.6 Å². The summed E-state index contributed by atoms with van der Waals surface area (Å²) in [7, 11) is -7.88. The normalized spacial score (nSPS) is 12.9. The molecule has 0 unspecified atom stereocenters. The van der Waals surface area contributed by atoms with Crippen LogP contribution in [0.2, 0.25) is 0 Å². The fourth-order valence-corrected chi connectivity index (χ4v) is 8.99. The standard InChI is InChI=1S/C41H34N4O6S2/c1-27(46)42-31-19-23-35(24-20-31)52(48,49)44-33-15-11-29(12-16-33)41(39-9-5-3-7-37(39)38-8-4-6-10-40(38)41)30-13-17-34(18-14-30)45-53(50,51)36-25-21-32(22-26-36)43-28(2)47/h3-26,44-45H,1-2H3,(H,42,46)(H,43,47). The first kappa shape index (κ1) is 35.2. The van der Waals surface area contributed by atoms with E-state index in [1.54, 1.807) is 24.3 Å². The smallest absolute Gasteiger partial charge is 0.261 e. The number of rotatable bonds is 10. The van der Waals surface area contributed by atoms with Crippen LogP contribution in [-0.4, -0.2) is 28.6 Å². The minimum Gasteiger partial charge on any atom is -0.326 e. The molecular formula is C41H34N4O6S2. The van der Waals surface area contributed by atoms with E-state index in [0.717, 1.165) is 33.4 Å². The lowest BCUT2D eigenvalue weighted by Crippen LogP contribution is -2.28. The molecule has 0 heterocycles. The molecule has 6 aromatic carbocycles. The van der Waals surface area contributed by atoms with Crippen molar-refractivity contribution in [2.75, 3.05) is 20.1 Å². The van der Waals surface area contributed by atoms with E-state index in [0.29, 0.717) is 22.7 Å². The molecular weight excluding hydrogens is 709 g/mol. The molecule has 12 heteroatoms. The molecule has 0 fully saturated rings. The van der Waals surface area contributed by atoms with Gasteiger partial charge in [0.15, 0.2) is 0 Å². The molecule has 7 rings (SSSR count). The highest BCUT2D eigenvalue weighted by atomic mass is 32.2. The Morgan fingerprint density at radius 3 is 1.09 bits per heavy atom.